The molecule has 4 rings (SSSR count). The summed E-state index contributed by atoms with van der Waals surface area (Å²) in [6.07, 6.45) is 4.27. The van der Waals surface area contributed by atoms with E-state index in [9.17, 15) is 22.0 Å². The number of amides is 1. The van der Waals surface area contributed by atoms with Gasteiger partial charge in [0.15, 0.2) is 0 Å². The number of nitrogens with one attached hydrogen (secondary N) is 1. The smallest absolute Gasteiger partial charge is 0.267 e. The Kier molecular flexibility index (Phi) is 6.72. The van der Waals surface area contributed by atoms with Crippen LogP contribution in [0.5, 0.6) is 5.75 Å². The number of likely N-dealkylation sites (tertiary alicyclic amines) is 1. The molecule has 1 unspecified atom stereocenters. The van der Waals surface area contributed by atoms with Crippen molar-refractivity contribution in [3.8, 4) is 5.75 Å². The normalized spacial score (nSPS) is 19.3. The second kappa shape index (κ2) is 9.38. The van der Waals surface area contributed by atoms with Crippen LogP contribution in [-0.4, -0.2) is 44.7 Å². The highest BCUT2D eigenvalue weighted by Crippen LogP contribution is 2.45. The van der Waals surface area contributed by atoms with Gasteiger partial charge in [0.05, 0.1) is 11.8 Å². The second-order valence-electron chi connectivity index (χ2n) is 9.04. The summed E-state index contributed by atoms with van der Waals surface area (Å²) < 4.78 is 59.0. The van der Waals surface area contributed by atoms with Crippen molar-refractivity contribution in [2.75, 3.05) is 19.3 Å². The third-order valence-electron chi connectivity index (χ3n) is 6.09. The van der Waals surface area contributed by atoms with Crippen molar-refractivity contribution < 1.29 is 26.7 Å². The van der Waals surface area contributed by atoms with Crippen LogP contribution < -0.4 is 9.46 Å². The first kappa shape index (κ1) is 23.6. The van der Waals surface area contributed by atoms with Crippen LogP contribution in [0.25, 0.3) is 0 Å². The van der Waals surface area contributed by atoms with E-state index in [1.54, 1.807) is 6.07 Å². The molecule has 2 aromatic rings. The van der Waals surface area contributed by atoms with Crippen LogP contribution in [0.15, 0.2) is 30.3 Å². The average Bonchev–Trinajstić information content (AvgIpc) is 3.54. The number of aryl methyl sites for hydroxylation is 1. The van der Waals surface area contributed by atoms with Crippen molar-refractivity contribution in [1.29, 1.82) is 0 Å². The Morgan fingerprint density at radius 1 is 1.18 bits per heavy atom. The van der Waals surface area contributed by atoms with Gasteiger partial charge in [0.1, 0.15) is 23.5 Å². The molecule has 1 amide bonds. The average molecular weight is 479 g/mol. The highest BCUT2D eigenvalue weighted by Gasteiger charge is 2.31. The van der Waals surface area contributed by atoms with Crippen molar-refractivity contribution in [3.05, 3.63) is 64.2 Å². The van der Waals surface area contributed by atoms with E-state index in [4.69, 9.17) is 4.74 Å². The van der Waals surface area contributed by atoms with Crippen molar-refractivity contribution in [1.82, 2.24) is 9.62 Å². The van der Waals surface area contributed by atoms with Gasteiger partial charge in [0, 0.05) is 19.2 Å². The van der Waals surface area contributed by atoms with Crippen molar-refractivity contribution in [2.45, 2.75) is 51.2 Å². The monoisotopic (exact) mass is 478 g/mol. The van der Waals surface area contributed by atoms with Gasteiger partial charge in [-0.25, -0.2) is 21.9 Å². The lowest BCUT2D eigenvalue weighted by Gasteiger charge is -2.33. The Hall–Kier alpha value is -2.52. The van der Waals surface area contributed by atoms with E-state index in [1.807, 2.05) is 11.6 Å². The summed E-state index contributed by atoms with van der Waals surface area (Å²) in [6.45, 7) is 4.12. The molecule has 1 aliphatic carbocycles. The Morgan fingerprint density at radius 2 is 1.94 bits per heavy atom. The Labute approximate surface area is 193 Å². The maximum atomic E-state index is 14.8. The zero-order valence-electron chi connectivity index (χ0n) is 18.7. The molecule has 33 heavy (non-hydrogen) atoms. The number of ether oxygens (including phenoxy) is 1. The van der Waals surface area contributed by atoms with Gasteiger partial charge in [-0.15, -0.1) is 0 Å². The van der Waals surface area contributed by atoms with Crippen LogP contribution in [-0.2, 0) is 16.6 Å². The first-order valence-electron chi connectivity index (χ1n) is 11.1. The Balaban J connectivity index is 1.49. The molecular formula is C24H28F2N2O4S. The van der Waals surface area contributed by atoms with Gasteiger partial charge in [-0.1, -0.05) is 6.07 Å². The van der Waals surface area contributed by atoms with Gasteiger partial charge in [-0.05, 0) is 80.0 Å². The largest absolute Gasteiger partial charge is 0.489 e. The zero-order valence-corrected chi connectivity index (χ0v) is 19.6. The van der Waals surface area contributed by atoms with Crippen LogP contribution in [0.3, 0.4) is 0 Å². The van der Waals surface area contributed by atoms with E-state index in [0.717, 1.165) is 55.2 Å². The lowest BCUT2D eigenvalue weighted by Crippen LogP contribution is -2.40. The molecule has 0 aromatic heterocycles. The molecule has 6 nitrogen and oxygen atoms in total. The number of hydrogen-bond donors (Lipinski definition) is 1. The van der Waals surface area contributed by atoms with Gasteiger partial charge < -0.3 is 4.74 Å². The predicted octanol–water partition coefficient (Wildman–Crippen LogP) is 3.88. The van der Waals surface area contributed by atoms with E-state index in [0.29, 0.717) is 18.8 Å². The van der Waals surface area contributed by atoms with Crippen LogP contribution in [0.1, 0.15) is 58.6 Å². The van der Waals surface area contributed by atoms with E-state index >= 15 is 0 Å². The minimum absolute atomic E-state index is 0.146. The molecular weight excluding hydrogens is 450 g/mol. The summed E-state index contributed by atoms with van der Waals surface area (Å²) in [7, 11) is -3.80. The first-order valence-corrected chi connectivity index (χ1v) is 13.0. The van der Waals surface area contributed by atoms with Crippen LogP contribution in [0, 0.1) is 18.6 Å². The SMILES string of the molecule is Cc1cc(F)ccc1CN1CCCC(Oc2cc(F)c(C(=O)NS(C)(=O)=O)cc2C2CC2)C1. The lowest BCUT2D eigenvalue weighted by atomic mass is 10.0. The standard InChI is InChI=1S/C24H28F2N2O4S/c1-15-10-18(25)8-7-17(15)13-28-9-3-4-19(14-28)32-23-12-22(26)21(11-20(23)16-5-6-16)24(29)27-33(2,30)31/h7-8,10-12,16,19H,3-6,9,13-14H2,1-2H3,(H,27,29). The maximum absolute atomic E-state index is 14.8. The molecule has 178 valence electrons. The molecule has 0 spiro atoms. The Morgan fingerprint density at radius 3 is 2.61 bits per heavy atom. The van der Waals surface area contributed by atoms with E-state index in [-0.39, 0.29) is 23.4 Å². The van der Waals surface area contributed by atoms with Gasteiger partial charge in [0.2, 0.25) is 10.0 Å². The molecule has 0 bridgehead atoms. The van der Waals surface area contributed by atoms with Crippen LogP contribution in [0.2, 0.25) is 0 Å². The van der Waals surface area contributed by atoms with E-state index in [2.05, 4.69) is 4.90 Å². The topological polar surface area (TPSA) is 75.7 Å². The number of hydrogen-bond acceptors (Lipinski definition) is 5. The number of piperidine rings is 1. The molecule has 1 aliphatic heterocycles. The van der Waals surface area contributed by atoms with Crippen molar-refractivity contribution in [2.24, 2.45) is 0 Å². The van der Waals surface area contributed by atoms with Crippen molar-refractivity contribution >= 4 is 15.9 Å². The fourth-order valence-corrected chi connectivity index (χ4v) is 4.74. The summed E-state index contributed by atoms with van der Waals surface area (Å²) in [5, 5.41) is 0. The lowest BCUT2D eigenvalue weighted by molar-refractivity contribution is 0.0831. The van der Waals surface area contributed by atoms with E-state index in [1.165, 1.54) is 24.3 Å². The summed E-state index contributed by atoms with van der Waals surface area (Å²) in [5.41, 5.74) is 2.40. The zero-order chi connectivity index (χ0) is 23.8. The predicted molar refractivity (Wildman–Crippen MR) is 121 cm³/mol. The fourth-order valence-electron chi connectivity index (χ4n) is 4.29. The molecule has 1 atom stereocenters. The third-order valence-corrected chi connectivity index (χ3v) is 6.65. The summed E-state index contributed by atoms with van der Waals surface area (Å²) in [4.78, 5) is 14.5. The molecule has 9 heteroatoms. The molecule has 2 fully saturated rings. The highest BCUT2D eigenvalue weighted by atomic mass is 32.2. The van der Waals surface area contributed by atoms with Gasteiger partial charge in [-0.2, -0.15) is 0 Å². The molecule has 1 saturated carbocycles. The Bertz CT molecular complexity index is 1170. The number of carbonyl (C=O) groups excluding carboxylic acids is 1. The summed E-state index contributed by atoms with van der Waals surface area (Å²) in [6, 6.07) is 7.42. The fraction of sp³-hybridized carbons (Fsp3) is 0.458. The van der Waals surface area contributed by atoms with E-state index < -0.39 is 21.7 Å². The van der Waals surface area contributed by atoms with Gasteiger partial charge in [0.25, 0.3) is 5.91 Å². The minimum Gasteiger partial charge on any atom is -0.489 e. The number of halogens is 2. The molecule has 2 aliphatic rings. The van der Waals surface area contributed by atoms with Crippen molar-refractivity contribution in [3.63, 3.8) is 0 Å². The van der Waals surface area contributed by atoms with Crippen LogP contribution in [0.4, 0.5) is 8.78 Å². The van der Waals surface area contributed by atoms with Gasteiger partial charge in [-0.3, -0.25) is 9.69 Å². The summed E-state index contributed by atoms with van der Waals surface area (Å²) >= 11 is 0. The number of rotatable bonds is 7. The maximum Gasteiger partial charge on any atom is 0.267 e. The quantitative estimate of drug-likeness (QED) is 0.654. The number of nitrogens with zero attached hydrogens (tertiary/aromatic N) is 1. The third kappa shape index (κ3) is 6.09. The molecule has 1 saturated heterocycles. The molecule has 0 radical (unpaired) electrons. The van der Waals surface area contributed by atoms with Gasteiger partial charge >= 0.3 is 0 Å². The first-order chi connectivity index (χ1) is 15.6. The molecule has 1 N–H and O–H groups in total. The summed E-state index contributed by atoms with van der Waals surface area (Å²) in [5.74, 6) is -1.46. The minimum atomic E-state index is -3.80. The highest BCUT2D eigenvalue weighted by molar-refractivity contribution is 7.89. The second-order valence-corrected chi connectivity index (χ2v) is 10.8. The number of benzene rings is 2. The van der Waals surface area contributed by atoms with Crippen LogP contribution >= 0.6 is 0 Å². The number of sulfonamides is 1. The molecule has 2 aromatic carbocycles. The molecule has 1 heterocycles. The number of carbonyl (C=O) groups is 1.